The van der Waals surface area contributed by atoms with E-state index in [0.717, 1.165) is 54.8 Å². The second kappa shape index (κ2) is 5.70. The molecule has 4 nitrogen and oxygen atoms in total. The van der Waals surface area contributed by atoms with Crippen molar-refractivity contribution in [1.29, 1.82) is 0 Å². The fourth-order valence-corrected chi connectivity index (χ4v) is 3.12. The lowest BCUT2D eigenvalue weighted by Crippen LogP contribution is -2.46. The monoisotopic (exact) mass is 307 g/mol. The van der Waals surface area contributed by atoms with E-state index in [1.807, 2.05) is 6.07 Å². The minimum atomic E-state index is 0.825. The number of nitrogens with one attached hydrogen (secondary N) is 1. The number of hydrogen-bond donors (Lipinski definition) is 1. The molecule has 0 radical (unpaired) electrons. The predicted molar refractivity (Wildman–Crippen MR) is 93.1 cm³/mol. The molecule has 0 aromatic heterocycles. The van der Waals surface area contributed by atoms with E-state index in [-0.39, 0.29) is 0 Å². The summed E-state index contributed by atoms with van der Waals surface area (Å²) in [5, 5.41) is 3.41. The summed E-state index contributed by atoms with van der Waals surface area (Å²) in [6, 6.07) is 12.5. The summed E-state index contributed by atoms with van der Waals surface area (Å²) in [6.45, 7) is 8.10. The van der Waals surface area contributed by atoms with Gasteiger partial charge in [0.2, 0.25) is 0 Å². The van der Waals surface area contributed by atoms with Crippen LogP contribution in [0.3, 0.4) is 0 Å². The normalized spacial score (nSPS) is 16.8. The highest BCUT2D eigenvalue weighted by molar-refractivity contribution is 6.04. The van der Waals surface area contributed by atoms with Gasteiger partial charge in [0.25, 0.3) is 0 Å². The number of fused-ring (bicyclic) bond motifs is 2. The van der Waals surface area contributed by atoms with Crippen molar-refractivity contribution in [2.24, 2.45) is 4.99 Å². The van der Waals surface area contributed by atoms with E-state index in [9.17, 15) is 0 Å². The van der Waals surface area contributed by atoms with E-state index in [1.54, 1.807) is 0 Å². The van der Waals surface area contributed by atoms with Crippen LogP contribution in [0.4, 0.5) is 5.69 Å². The van der Waals surface area contributed by atoms with Gasteiger partial charge < -0.3 is 15.0 Å². The van der Waals surface area contributed by atoms with Crippen LogP contribution < -0.4 is 10.1 Å². The van der Waals surface area contributed by atoms with Crippen LogP contribution in [0.15, 0.2) is 41.4 Å². The molecule has 23 heavy (non-hydrogen) atoms. The van der Waals surface area contributed by atoms with Crippen molar-refractivity contribution in [1.82, 2.24) is 10.2 Å². The van der Waals surface area contributed by atoms with Crippen LogP contribution in [0, 0.1) is 13.8 Å². The lowest BCUT2D eigenvalue weighted by molar-refractivity contribution is 0.357. The molecule has 1 N–H and O–H groups in total. The Balaban J connectivity index is 1.89. The molecule has 0 spiro atoms. The van der Waals surface area contributed by atoms with E-state index in [0.29, 0.717) is 0 Å². The Morgan fingerprint density at radius 1 is 0.957 bits per heavy atom. The smallest absolute Gasteiger partial charge is 0.153 e. The molecule has 1 fully saturated rings. The molecule has 0 saturated carbocycles. The number of benzene rings is 2. The number of hydrogen-bond acceptors (Lipinski definition) is 4. The maximum atomic E-state index is 6.18. The second-order valence-corrected chi connectivity index (χ2v) is 6.25. The van der Waals surface area contributed by atoms with E-state index in [4.69, 9.17) is 9.73 Å². The fraction of sp³-hybridized carbons (Fsp3) is 0.316. The summed E-state index contributed by atoms with van der Waals surface area (Å²) in [6.07, 6.45) is 0. The molecule has 0 aliphatic carbocycles. The number of ether oxygens (including phenoxy) is 1. The van der Waals surface area contributed by atoms with Crippen LogP contribution in [0.2, 0.25) is 0 Å². The molecule has 4 heteroatoms. The van der Waals surface area contributed by atoms with Crippen LogP contribution in [-0.2, 0) is 0 Å². The van der Waals surface area contributed by atoms with Crippen LogP contribution in [0.5, 0.6) is 11.5 Å². The number of aryl methyl sites for hydroxylation is 2. The van der Waals surface area contributed by atoms with Gasteiger partial charge in [0, 0.05) is 26.2 Å². The predicted octanol–water partition coefficient (Wildman–Crippen LogP) is 3.39. The standard InChI is InChI=1S/C19H21N3O/c1-13-3-5-17-15(11-13)19(22-9-7-20-8-10-22)21-16-12-14(2)4-6-18(16)23-17/h3-6,11-12,20H,7-10H2,1-2H3. The summed E-state index contributed by atoms with van der Waals surface area (Å²) in [5.74, 6) is 2.73. The number of nitrogens with zero attached hydrogens (tertiary/aromatic N) is 2. The van der Waals surface area contributed by atoms with Crippen molar-refractivity contribution in [2.45, 2.75) is 13.8 Å². The highest BCUT2D eigenvalue weighted by Gasteiger charge is 2.24. The van der Waals surface area contributed by atoms with E-state index in [2.05, 4.69) is 54.4 Å². The summed E-state index contributed by atoms with van der Waals surface area (Å²) in [4.78, 5) is 7.35. The molecule has 0 amide bonds. The molecule has 0 bridgehead atoms. The summed E-state index contributed by atoms with van der Waals surface area (Å²) < 4.78 is 6.18. The Hall–Kier alpha value is -2.33. The third-order valence-corrected chi connectivity index (χ3v) is 4.35. The van der Waals surface area contributed by atoms with Gasteiger partial charge in [-0.1, -0.05) is 17.7 Å². The first-order valence-corrected chi connectivity index (χ1v) is 8.14. The highest BCUT2D eigenvalue weighted by atomic mass is 16.5. The molecule has 2 aliphatic rings. The Morgan fingerprint density at radius 3 is 2.43 bits per heavy atom. The number of rotatable bonds is 0. The largest absolute Gasteiger partial charge is 0.454 e. The van der Waals surface area contributed by atoms with Gasteiger partial charge in [0.15, 0.2) is 5.75 Å². The lowest BCUT2D eigenvalue weighted by atomic mass is 10.1. The average Bonchev–Trinajstić information content (AvgIpc) is 2.72. The van der Waals surface area contributed by atoms with Gasteiger partial charge in [-0.05, 0) is 43.7 Å². The zero-order valence-electron chi connectivity index (χ0n) is 13.6. The molecule has 2 aliphatic heterocycles. The quantitative estimate of drug-likeness (QED) is 0.810. The summed E-state index contributed by atoms with van der Waals surface area (Å²) in [7, 11) is 0. The van der Waals surface area contributed by atoms with E-state index < -0.39 is 0 Å². The van der Waals surface area contributed by atoms with Gasteiger partial charge in [-0.25, -0.2) is 4.99 Å². The van der Waals surface area contributed by atoms with Gasteiger partial charge in [0.05, 0.1) is 5.56 Å². The van der Waals surface area contributed by atoms with Gasteiger partial charge in [-0.2, -0.15) is 0 Å². The molecule has 4 rings (SSSR count). The Kier molecular flexibility index (Phi) is 3.54. The van der Waals surface area contributed by atoms with Gasteiger partial charge in [0.1, 0.15) is 17.3 Å². The topological polar surface area (TPSA) is 36.9 Å². The molecule has 0 atom stereocenters. The third kappa shape index (κ3) is 2.70. The van der Waals surface area contributed by atoms with Crippen molar-refractivity contribution in [3.8, 4) is 11.5 Å². The lowest BCUT2D eigenvalue weighted by Gasteiger charge is -2.30. The van der Waals surface area contributed by atoms with Crippen LogP contribution in [-0.4, -0.2) is 36.9 Å². The van der Waals surface area contributed by atoms with Gasteiger partial charge in [-0.15, -0.1) is 0 Å². The maximum absolute atomic E-state index is 6.18. The molecule has 2 aromatic rings. The number of piperazine rings is 1. The molecule has 118 valence electrons. The molecule has 1 saturated heterocycles. The summed E-state index contributed by atoms with van der Waals surface area (Å²) in [5.41, 5.74) is 4.41. The average molecular weight is 307 g/mol. The highest BCUT2D eigenvalue weighted by Crippen LogP contribution is 2.38. The SMILES string of the molecule is Cc1ccc2c(c1)N=C(N1CCNCC1)c1cc(C)ccc1O2. The minimum Gasteiger partial charge on any atom is -0.454 e. The van der Waals surface area contributed by atoms with Gasteiger partial charge >= 0.3 is 0 Å². The fourth-order valence-electron chi connectivity index (χ4n) is 3.12. The van der Waals surface area contributed by atoms with Crippen molar-refractivity contribution in [3.05, 3.63) is 53.1 Å². The Bertz CT molecular complexity index is 776. The Labute approximate surface area is 136 Å². The molecule has 2 aromatic carbocycles. The number of aliphatic imine (C=N–C) groups is 1. The first-order chi connectivity index (χ1) is 11.2. The molecule has 2 heterocycles. The zero-order chi connectivity index (χ0) is 15.8. The van der Waals surface area contributed by atoms with Crippen molar-refractivity contribution < 1.29 is 4.74 Å². The third-order valence-electron chi connectivity index (χ3n) is 4.35. The molecular formula is C19H21N3O. The summed E-state index contributed by atoms with van der Waals surface area (Å²) >= 11 is 0. The first-order valence-electron chi connectivity index (χ1n) is 8.14. The molecule has 0 unspecified atom stereocenters. The van der Waals surface area contributed by atoms with Crippen LogP contribution >= 0.6 is 0 Å². The first kappa shape index (κ1) is 14.3. The number of amidine groups is 1. The Morgan fingerprint density at radius 2 is 1.65 bits per heavy atom. The van der Waals surface area contributed by atoms with Crippen molar-refractivity contribution >= 4 is 11.5 Å². The molecular weight excluding hydrogens is 286 g/mol. The second-order valence-electron chi connectivity index (χ2n) is 6.25. The van der Waals surface area contributed by atoms with E-state index >= 15 is 0 Å². The van der Waals surface area contributed by atoms with Crippen LogP contribution in [0.1, 0.15) is 16.7 Å². The van der Waals surface area contributed by atoms with Crippen molar-refractivity contribution in [2.75, 3.05) is 26.2 Å². The zero-order valence-corrected chi connectivity index (χ0v) is 13.6. The van der Waals surface area contributed by atoms with Crippen molar-refractivity contribution in [3.63, 3.8) is 0 Å². The van der Waals surface area contributed by atoms with E-state index in [1.165, 1.54) is 11.1 Å². The van der Waals surface area contributed by atoms with Crippen LogP contribution in [0.25, 0.3) is 0 Å². The van der Waals surface area contributed by atoms with Gasteiger partial charge in [-0.3, -0.25) is 0 Å². The maximum Gasteiger partial charge on any atom is 0.153 e. The minimum absolute atomic E-state index is 0.825.